The molecule has 2 rings (SSSR count). The van der Waals surface area contributed by atoms with Crippen LogP contribution in [0.4, 0.5) is 10.1 Å². The molecule has 1 fully saturated rings. The van der Waals surface area contributed by atoms with E-state index in [4.69, 9.17) is 0 Å². The van der Waals surface area contributed by atoms with Gasteiger partial charge in [-0.1, -0.05) is 6.07 Å². The Hall–Kier alpha value is -1.07. The van der Waals surface area contributed by atoms with Crippen LogP contribution in [-0.2, 0) is 4.79 Å². The quantitative estimate of drug-likeness (QED) is 0.868. The molecule has 17 heavy (non-hydrogen) atoms. The first-order valence-electron chi connectivity index (χ1n) is 5.53. The van der Waals surface area contributed by atoms with Gasteiger partial charge in [-0.05, 0) is 18.2 Å². The van der Waals surface area contributed by atoms with Crippen molar-refractivity contribution in [2.24, 2.45) is 0 Å². The number of hydrogen-bond acceptors (Lipinski definition) is 3. The van der Waals surface area contributed by atoms with Gasteiger partial charge in [0, 0.05) is 30.8 Å². The first-order valence-corrected chi connectivity index (χ1v) is 6.68. The molecule has 1 aliphatic rings. The van der Waals surface area contributed by atoms with Crippen molar-refractivity contribution in [2.75, 3.05) is 30.0 Å². The third-order valence-electron chi connectivity index (χ3n) is 2.75. The number of carbonyl (C=O) groups is 1. The summed E-state index contributed by atoms with van der Waals surface area (Å²) in [7, 11) is 1.68. The highest BCUT2D eigenvalue weighted by Crippen LogP contribution is 2.17. The van der Waals surface area contributed by atoms with Crippen molar-refractivity contribution in [3.8, 4) is 0 Å². The molecule has 1 unspecified atom stereocenters. The van der Waals surface area contributed by atoms with E-state index in [1.807, 2.05) is 0 Å². The molecule has 1 aliphatic heterocycles. The van der Waals surface area contributed by atoms with Crippen molar-refractivity contribution in [1.29, 1.82) is 0 Å². The number of nitrogens with zero attached hydrogens (tertiary/aromatic N) is 1. The second-order valence-corrected chi connectivity index (χ2v) is 5.11. The number of hydrogen-bond donors (Lipinski definition) is 1. The Morgan fingerprint density at radius 2 is 2.41 bits per heavy atom. The number of anilines is 1. The van der Waals surface area contributed by atoms with Crippen LogP contribution >= 0.6 is 11.8 Å². The molecule has 0 radical (unpaired) electrons. The van der Waals surface area contributed by atoms with E-state index in [1.54, 1.807) is 30.9 Å². The molecule has 0 aliphatic carbocycles. The standard InChI is InChI=1S/C12H15FN2OS/c1-15(10-4-2-3-9(13)7-10)12(16)11-8-17-6-5-14-11/h2-4,7,11,14H,5-6,8H2,1H3. The molecule has 0 aromatic heterocycles. The zero-order valence-corrected chi connectivity index (χ0v) is 10.5. The van der Waals surface area contributed by atoms with Crippen molar-refractivity contribution in [3.05, 3.63) is 30.1 Å². The van der Waals surface area contributed by atoms with Crippen molar-refractivity contribution in [2.45, 2.75) is 6.04 Å². The van der Waals surface area contributed by atoms with E-state index >= 15 is 0 Å². The molecule has 92 valence electrons. The molecule has 1 N–H and O–H groups in total. The number of amides is 1. The van der Waals surface area contributed by atoms with E-state index in [0.717, 1.165) is 18.1 Å². The van der Waals surface area contributed by atoms with Gasteiger partial charge >= 0.3 is 0 Å². The third kappa shape index (κ3) is 2.98. The maximum atomic E-state index is 13.1. The molecular formula is C12H15FN2OS. The molecule has 0 saturated carbocycles. The van der Waals surface area contributed by atoms with Gasteiger partial charge < -0.3 is 10.2 Å². The Labute approximate surface area is 104 Å². The minimum Gasteiger partial charge on any atom is -0.314 e. The van der Waals surface area contributed by atoms with E-state index in [-0.39, 0.29) is 17.8 Å². The summed E-state index contributed by atoms with van der Waals surface area (Å²) in [6.45, 7) is 0.845. The van der Waals surface area contributed by atoms with Gasteiger partial charge in [0.2, 0.25) is 5.91 Å². The fraction of sp³-hybridized carbons (Fsp3) is 0.417. The number of likely N-dealkylation sites (N-methyl/N-ethyl adjacent to an activating group) is 1. The summed E-state index contributed by atoms with van der Waals surface area (Å²) in [5.74, 6) is 1.47. The van der Waals surface area contributed by atoms with Gasteiger partial charge in [-0.2, -0.15) is 11.8 Å². The average Bonchev–Trinajstić information content (AvgIpc) is 2.38. The Morgan fingerprint density at radius 1 is 1.59 bits per heavy atom. The van der Waals surface area contributed by atoms with Crippen LogP contribution in [0, 0.1) is 5.82 Å². The van der Waals surface area contributed by atoms with E-state index < -0.39 is 0 Å². The Kier molecular flexibility index (Phi) is 4.02. The van der Waals surface area contributed by atoms with Crippen molar-refractivity contribution in [3.63, 3.8) is 0 Å². The molecule has 0 spiro atoms. The zero-order chi connectivity index (χ0) is 12.3. The summed E-state index contributed by atoms with van der Waals surface area (Å²) in [5, 5.41) is 3.18. The summed E-state index contributed by atoms with van der Waals surface area (Å²) in [6, 6.07) is 5.92. The van der Waals surface area contributed by atoms with E-state index in [1.165, 1.54) is 17.0 Å². The third-order valence-corrected chi connectivity index (χ3v) is 3.81. The van der Waals surface area contributed by atoms with Crippen molar-refractivity contribution in [1.82, 2.24) is 5.32 Å². The number of halogens is 1. The SMILES string of the molecule is CN(C(=O)C1CSCCN1)c1cccc(F)c1. The second kappa shape index (κ2) is 5.51. The molecule has 1 saturated heterocycles. The Balaban J connectivity index is 2.08. The van der Waals surface area contributed by atoms with Gasteiger partial charge in [0.25, 0.3) is 0 Å². The first-order chi connectivity index (χ1) is 8.18. The second-order valence-electron chi connectivity index (χ2n) is 3.96. The van der Waals surface area contributed by atoms with Gasteiger partial charge in [0.1, 0.15) is 5.82 Å². The van der Waals surface area contributed by atoms with E-state index in [2.05, 4.69) is 5.32 Å². The van der Waals surface area contributed by atoms with Crippen LogP contribution in [0.3, 0.4) is 0 Å². The van der Waals surface area contributed by atoms with Crippen LogP contribution in [0.25, 0.3) is 0 Å². The highest BCUT2D eigenvalue weighted by Gasteiger charge is 2.24. The lowest BCUT2D eigenvalue weighted by molar-refractivity contribution is -0.119. The maximum absolute atomic E-state index is 13.1. The lowest BCUT2D eigenvalue weighted by Crippen LogP contribution is -2.49. The number of thioether (sulfide) groups is 1. The zero-order valence-electron chi connectivity index (χ0n) is 9.65. The molecule has 3 nitrogen and oxygen atoms in total. The average molecular weight is 254 g/mol. The van der Waals surface area contributed by atoms with Crippen LogP contribution < -0.4 is 10.2 Å². The minimum absolute atomic E-state index is 0.0113. The predicted octanol–water partition coefficient (Wildman–Crippen LogP) is 1.49. The summed E-state index contributed by atoms with van der Waals surface area (Å²) in [6.07, 6.45) is 0. The van der Waals surface area contributed by atoms with Gasteiger partial charge in [-0.15, -0.1) is 0 Å². The van der Waals surface area contributed by atoms with Crippen LogP contribution in [0.2, 0.25) is 0 Å². The molecule has 1 aromatic rings. The van der Waals surface area contributed by atoms with E-state index in [0.29, 0.717) is 5.69 Å². The summed E-state index contributed by atoms with van der Waals surface area (Å²) >= 11 is 1.76. The maximum Gasteiger partial charge on any atom is 0.244 e. The Bertz CT molecular complexity index is 407. The van der Waals surface area contributed by atoms with Crippen LogP contribution in [0.15, 0.2) is 24.3 Å². The summed E-state index contributed by atoms with van der Waals surface area (Å²) in [5.41, 5.74) is 0.590. The molecular weight excluding hydrogens is 239 g/mol. The fourth-order valence-corrected chi connectivity index (χ4v) is 2.69. The van der Waals surface area contributed by atoms with Crippen molar-refractivity contribution < 1.29 is 9.18 Å². The first kappa shape index (κ1) is 12.4. The van der Waals surface area contributed by atoms with Crippen LogP contribution in [0.1, 0.15) is 0 Å². The largest absolute Gasteiger partial charge is 0.314 e. The van der Waals surface area contributed by atoms with Gasteiger partial charge in [-0.3, -0.25) is 4.79 Å². The number of benzene rings is 1. The highest BCUT2D eigenvalue weighted by molar-refractivity contribution is 7.99. The summed E-state index contributed by atoms with van der Waals surface area (Å²) < 4.78 is 13.1. The highest BCUT2D eigenvalue weighted by atomic mass is 32.2. The van der Waals surface area contributed by atoms with Crippen LogP contribution in [0.5, 0.6) is 0 Å². The van der Waals surface area contributed by atoms with Gasteiger partial charge in [-0.25, -0.2) is 4.39 Å². The number of nitrogens with one attached hydrogen (secondary N) is 1. The minimum atomic E-state index is -0.326. The Morgan fingerprint density at radius 3 is 3.06 bits per heavy atom. The predicted molar refractivity (Wildman–Crippen MR) is 68.9 cm³/mol. The molecule has 0 bridgehead atoms. The smallest absolute Gasteiger partial charge is 0.244 e. The van der Waals surface area contributed by atoms with Crippen molar-refractivity contribution >= 4 is 23.4 Å². The lowest BCUT2D eigenvalue weighted by atomic mass is 10.2. The van der Waals surface area contributed by atoms with Gasteiger partial charge in [0.15, 0.2) is 0 Å². The monoisotopic (exact) mass is 254 g/mol. The van der Waals surface area contributed by atoms with Gasteiger partial charge in [0.05, 0.1) is 6.04 Å². The van der Waals surface area contributed by atoms with Crippen LogP contribution in [-0.4, -0.2) is 37.0 Å². The number of rotatable bonds is 2. The molecule has 1 aromatic carbocycles. The molecule has 1 atom stereocenters. The lowest BCUT2D eigenvalue weighted by Gasteiger charge is -2.27. The summed E-state index contributed by atoms with van der Waals surface area (Å²) in [4.78, 5) is 13.6. The van der Waals surface area contributed by atoms with E-state index in [9.17, 15) is 9.18 Å². The molecule has 1 amide bonds. The number of carbonyl (C=O) groups excluding carboxylic acids is 1. The topological polar surface area (TPSA) is 32.3 Å². The molecule has 1 heterocycles. The molecule has 5 heteroatoms. The normalized spacial score (nSPS) is 20.0. The fourth-order valence-electron chi connectivity index (χ4n) is 1.77.